The number of allylic oxidation sites excluding steroid dienone is 4. The minimum absolute atomic E-state index is 0.815. The summed E-state index contributed by atoms with van der Waals surface area (Å²) < 4.78 is 0. The maximum absolute atomic E-state index is 2.73. The molecule has 29 heavy (non-hydrogen) atoms. The molecule has 0 aromatic heterocycles. The number of hydrogen-bond acceptors (Lipinski definition) is 0. The molecule has 1 unspecified atom stereocenters. The number of rotatable bonds is 0. The number of fused-ring (bicyclic) bond motifs is 10. The average Bonchev–Trinajstić information content (AvgIpc) is 3.21. The van der Waals surface area contributed by atoms with Gasteiger partial charge in [0.2, 0.25) is 0 Å². The highest BCUT2D eigenvalue weighted by Gasteiger charge is 2.37. The second kappa shape index (κ2) is 6.47. The Hall–Kier alpha value is -1.56. The normalized spacial score (nSPS) is 27.4. The summed E-state index contributed by atoms with van der Waals surface area (Å²) in [4.78, 5) is 0. The number of benzene rings is 1. The summed E-state index contributed by atoms with van der Waals surface area (Å²) in [7, 11) is 0. The van der Waals surface area contributed by atoms with Crippen LogP contribution in [0, 0.1) is 5.92 Å². The van der Waals surface area contributed by atoms with E-state index in [1.54, 1.807) is 32.7 Å². The zero-order valence-electron chi connectivity index (χ0n) is 18.0. The van der Waals surface area contributed by atoms with Crippen molar-refractivity contribution in [2.75, 3.05) is 0 Å². The van der Waals surface area contributed by atoms with Gasteiger partial charge in [0, 0.05) is 5.92 Å². The Kier molecular flexibility index (Phi) is 3.83. The molecule has 6 aliphatic carbocycles. The van der Waals surface area contributed by atoms with Gasteiger partial charge in [-0.3, -0.25) is 0 Å². The van der Waals surface area contributed by atoms with E-state index in [4.69, 9.17) is 0 Å². The lowest BCUT2D eigenvalue weighted by Crippen LogP contribution is -2.37. The van der Waals surface area contributed by atoms with Gasteiger partial charge in [0.05, 0.1) is 0 Å². The van der Waals surface area contributed by atoms with Gasteiger partial charge in [0.15, 0.2) is 0 Å². The third-order valence-electron chi connectivity index (χ3n) is 9.19. The van der Waals surface area contributed by atoms with Crippen LogP contribution >= 0.6 is 0 Å². The van der Waals surface area contributed by atoms with E-state index in [1.165, 1.54) is 103 Å². The lowest BCUT2D eigenvalue weighted by Gasteiger charge is -2.38. The third kappa shape index (κ3) is 2.32. The SMILES string of the molecule is C1=c2c3c(c4c(c2=C2C1=C1CCCCC1C1=C2CCCC1)CCCC4)CCCC3. The monoisotopic (exact) mass is 382 g/mol. The molecule has 0 bridgehead atoms. The molecule has 0 heteroatoms. The average molecular weight is 383 g/mol. The summed E-state index contributed by atoms with van der Waals surface area (Å²) in [6.07, 6.45) is 25.1. The van der Waals surface area contributed by atoms with Crippen molar-refractivity contribution in [2.24, 2.45) is 5.92 Å². The highest BCUT2D eigenvalue weighted by atomic mass is 14.4. The van der Waals surface area contributed by atoms with Crippen LogP contribution in [-0.4, -0.2) is 0 Å². The van der Waals surface area contributed by atoms with Crippen LogP contribution in [0.1, 0.15) is 99.3 Å². The molecule has 0 nitrogen and oxygen atoms in total. The van der Waals surface area contributed by atoms with Crippen LogP contribution < -0.4 is 10.4 Å². The van der Waals surface area contributed by atoms with Crippen molar-refractivity contribution in [1.82, 2.24) is 0 Å². The minimum Gasteiger partial charge on any atom is -0.0592 e. The molecule has 1 atom stereocenters. The summed E-state index contributed by atoms with van der Waals surface area (Å²) in [5, 5.41) is 3.47. The summed E-state index contributed by atoms with van der Waals surface area (Å²) in [5.74, 6) is 0.815. The smallest absolute Gasteiger partial charge is 0.00222 e. The van der Waals surface area contributed by atoms with Crippen molar-refractivity contribution in [2.45, 2.75) is 103 Å². The van der Waals surface area contributed by atoms with Crippen LogP contribution in [0.25, 0.3) is 11.6 Å². The molecule has 1 aromatic carbocycles. The lowest BCUT2D eigenvalue weighted by atomic mass is 9.66. The first-order valence-corrected chi connectivity index (χ1v) is 12.8. The molecule has 0 N–H and O–H groups in total. The van der Waals surface area contributed by atoms with Crippen LogP contribution in [0.4, 0.5) is 0 Å². The molecule has 1 aromatic rings. The van der Waals surface area contributed by atoms with Crippen LogP contribution in [0.15, 0.2) is 22.3 Å². The molecule has 0 amide bonds. The van der Waals surface area contributed by atoms with E-state index in [0.29, 0.717) is 0 Å². The predicted molar refractivity (Wildman–Crippen MR) is 121 cm³/mol. The highest BCUT2D eigenvalue weighted by molar-refractivity contribution is 5.95. The molecule has 7 rings (SSSR count). The Balaban J connectivity index is 1.63. The molecule has 0 heterocycles. The molecule has 0 radical (unpaired) electrons. The van der Waals surface area contributed by atoms with E-state index in [-0.39, 0.29) is 0 Å². The molecule has 150 valence electrons. The van der Waals surface area contributed by atoms with Crippen LogP contribution in [0.2, 0.25) is 0 Å². The fourth-order valence-corrected chi connectivity index (χ4v) is 8.04. The van der Waals surface area contributed by atoms with Gasteiger partial charge in [-0.25, -0.2) is 0 Å². The largest absolute Gasteiger partial charge is 0.0592 e. The summed E-state index contributed by atoms with van der Waals surface area (Å²) in [6.45, 7) is 0. The van der Waals surface area contributed by atoms with Gasteiger partial charge < -0.3 is 0 Å². The fourth-order valence-electron chi connectivity index (χ4n) is 8.04. The zero-order chi connectivity index (χ0) is 18.9. The molecule has 1 fully saturated rings. The van der Waals surface area contributed by atoms with E-state index < -0.39 is 0 Å². The van der Waals surface area contributed by atoms with Crippen molar-refractivity contribution in [3.05, 3.63) is 55.0 Å². The quantitative estimate of drug-likeness (QED) is 0.535. The van der Waals surface area contributed by atoms with Gasteiger partial charge in [0.1, 0.15) is 0 Å². The molecule has 0 aliphatic heterocycles. The van der Waals surface area contributed by atoms with E-state index >= 15 is 0 Å². The third-order valence-corrected chi connectivity index (χ3v) is 9.19. The van der Waals surface area contributed by atoms with Crippen molar-refractivity contribution < 1.29 is 0 Å². The van der Waals surface area contributed by atoms with Gasteiger partial charge in [-0.15, -0.1) is 0 Å². The van der Waals surface area contributed by atoms with Crippen molar-refractivity contribution in [3.8, 4) is 0 Å². The molecular formula is C29H34. The summed E-state index contributed by atoms with van der Waals surface area (Å²) >= 11 is 0. The summed E-state index contributed by atoms with van der Waals surface area (Å²) in [5.41, 5.74) is 16.3. The van der Waals surface area contributed by atoms with E-state index in [1.807, 2.05) is 27.8 Å². The predicted octanol–water partition coefficient (Wildman–Crippen LogP) is 5.76. The molecular weight excluding hydrogens is 348 g/mol. The topological polar surface area (TPSA) is 0 Å². The first-order valence-electron chi connectivity index (χ1n) is 12.8. The summed E-state index contributed by atoms with van der Waals surface area (Å²) in [6, 6.07) is 0. The van der Waals surface area contributed by atoms with Crippen LogP contribution in [-0.2, 0) is 25.7 Å². The van der Waals surface area contributed by atoms with Crippen molar-refractivity contribution in [3.63, 3.8) is 0 Å². The second-order valence-corrected chi connectivity index (χ2v) is 10.6. The van der Waals surface area contributed by atoms with Gasteiger partial charge in [0.25, 0.3) is 0 Å². The van der Waals surface area contributed by atoms with Crippen molar-refractivity contribution in [1.29, 1.82) is 0 Å². The van der Waals surface area contributed by atoms with Gasteiger partial charge in [-0.2, -0.15) is 0 Å². The van der Waals surface area contributed by atoms with Gasteiger partial charge in [-0.1, -0.05) is 17.6 Å². The van der Waals surface area contributed by atoms with Gasteiger partial charge >= 0.3 is 0 Å². The first-order chi connectivity index (χ1) is 14.4. The first kappa shape index (κ1) is 17.2. The highest BCUT2D eigenvalue weighted by Crippen LogP contribution is 2.51. The van der Waals surface area contributed by atoms with E-state index in [0.717, 1.165) is 5.92 Å². The van der Waals surface area contributed by atoms with E-state index in [9.17, 15) is 0 Å². The Bertz CT molecular complexity index is 1100. The van der Waals surface area contributed by atoms with Gasteiger partial charge in [-0.05, 0) is 152 Å². The van der Waals surface area contributed by atoms with Crippen LogP contribution in [0.3, 0.4) is 0 Å². The minimum atomic E-state index is 0.815. The standard InChI is InChI=1S/C29H34/c1-3-13-22-18(9-1)20-11-5-7-15-24(20)28-26(22)17-27-23-14-4-2-10-19(23)21-12-6-8-16-25(21)29(27)28/h17-18H,1-16H2. The maximum Gasteiger partial charge on any atom is 0.00222 e. The number of hydrogen-bond donors (Lipinski definition) is 0. The Labute approximate surface area is 175 Å². The zero-order valence-corrected chi connectivity index (χ0v) is 18.0. The lowest BCUT2D eigenvalue weighted by molar-refractivity contribution is 0.467. The van der Waals surface area contributed by atoms with E-state index in [2.05, 4.69) is 6.08 Å². The Morgan fingerprint density at radius 2 is 1.17 bits per heavy atom. The Morgan fingerprint density at radius 1 is 0.552 bits per heavy atom. The second-order valence-electron chi connectivity index (χ2n) is 10.6. The maximum atomic E-state index is 2.73. The Morgan fingerprint density at radius 3 is 2.03 bits per heavy atom. The van der Waals surface area contributed by atoms with Crippen LogP contribution in [0.5, 0.6) is 0 Å². The fraction of sp³-hybridized carbons (Fsp3) is 0.586. The molecule has 0 saturated heterocycles. The molecule has 1 saturated carbocycles. The van der Waals surface area contributed by atoms with Crippen molar-refractivity contribution >= 4 is 11.6 Å². The molecule has 6 aliphatic rings. The molecule has 0 spiro atoms.